The molecule has 9 nitrogen and oxygen atoms in total. The first-order valence-corrected chi connectivity index (χ1v) is 12.8. The molecule has 0 radical (unpaired) electrons. The fourth-order valence-electron chi connectivity index (χ4n) is 3.48. The number of hydrogen-bond acceptors (Lipinski definition) is 5. The average molecular weight is 486 g/mol. The second kappa shape index (κ2) is 11.1. The van der Waals surface area contributed by atoms with Gasteiger partial charge in [-0.1, -0.05) is 44.0 Å². The lowest BCUT2D eigenvalue weighted by molar-refractivity contribution is -0.122. The first-order chi connectivity index (χ1) is 16.2. The molecule has 2 aromatic rings. The SMILES string of the molecule is CCCCC(N=C1NS(=O)(=O)c2ccccc21)C(=O)NCc1ccc(NC(=O)NC(C)C)cc1. The van der Waals surface area contributed by atoms with Crippen molar-refractivity contribution < 1.29 is 18.0 Å². The summed E-state index contributed by atoms with van der Waals surface area (Å²) in [6, 6.07) is 12.8. The van der Waals surface area contributed by atoms with Crippen LogP contribution in [0.3, 0.4) is 0 Å². The number of aliphatic imine (C=N–C) groups is 1. The molecule has 34 heavy (non-hydrogen) atoms. The van der Waals surface area contributed by atoms with Crippen LogP contribution in [0.15, 0.2) is 58.4 Å². The summed E-state index contributed by atoms with van der Waals surface area (Å²) in [4.78, 5) is 29.4. The van der Waals surface area contributed by atoms with Gasteiger partial charge < -0.3 is 16.0 Å². The minimum atomic E-state index is -3.67. The number of carbonyl (C=O) groups is 2. The molecule has 1 heterocycles. The smallest absolute Gasteiger partial charge is 0.319 e. The van der Waals surface area contributed by atoms with Crippen LogP contribution in [-0.2, 0) is 21.4 Å². The van der Waals surface area contributed by atoms with Gasteiger partial charge in [0.05, 0.1) is 4.90 Å². The first kappa shape index (κ1) is 25.2. The molecular formula is C24H31N5O4S. The molecule has 3 rings (SSSR count). The van der Waals surface area contributed by atoms with Crippen molar-refractivity contribution >= 4 is 33.5 Å². The Morgan fingerprint density at radius 2 is 1.76 bits per heavy atom. The van der Waals surface area contributed by atoms with Crippen molar-refractivity contribution in [3.63, 3.8) is 0 Å². The van der Waals surface area contributed by atoms with E-state index in [2.05, 4.69) is 25.7 Å². The molecule has 1 atom stereocenters. The lowest BCUT2D eigenvalue weighted by atomic mass is 10.1. The third-order valence-electron chi connectivity index (χ3n) is 5.18. The van der Waals surface area contributed by atoms with Gasteiger partial charge in [0, 0.05) is 23.8 Å². The van der Waals surface area contributed by atoms with E-state index in [0.717, 1.165) is 18.4 Å². The number of benzene rings is 2. The highest BCUT2D eigenvalue weighted by Crippen LogP contribution is 2.23. The fraction of sp³-hybridized carbons (Fsp3) is 0.375. The number of hydrogen-bond donors (Lipinski definition) is 4. The second-order valence-electron chi connectivity index (χ2n) is 8.41. The van der Waals surface area contributed by atoms with Crippen molar-refractivity contribution in [2.45, 2.75) is 63.6 Å². The van der Waals surface area contributed by atoms with Gasteiger partial charge in [-0.2, -0.15) is 0 Å². The van der Waals surface area contributed by atoms with Gasteiger partial charge in [-0.05, 0) is 50.1 Å². The van der Waals surface area contributed by atoms with E-state index in [1.54, 1.807) is 30.3 Å². The van der Waals surface area contributed by atoms with E-state index >= 15 is 0 Å². The van der Waals surface area contributed by atoms with Gasteiger partial charge >= 0.3 is 6.03 Å². The molecule has 0 aliphatic carbocycles. The number of urea groups is 1. The summed E-state index contributed by atoms with van der Waals surface area (Å²) in [7, 11) is -3.67. The second-order valence-corrected chi connectivity index (χ2v) is 10.1. The summed E-state index contributed by atoms with van der Waals surface area (Å²) < 4.78 is 27.2. The van der Waals surface area contributed by atoms with Gasteiger partial charge in [0.15, 0.2) is 0 Å². The zero-order valence-electron chi connectivity index (χ0n) is 19.6. The van der Waals surface area contributed by atoms with Crippen LogP contribution in [0.5, 0.6) is 0 Å². The molecule has 2 aromatic carbocycles. The van der Waals surface area contributed by atoms with E-state index in [9.17, 15) is 18.0 Å². The number of unbranched alkanes of at least 4 members (excludes halogenated alkanes) is 1. The summed E-state index contributed by atoms with van der Waals surface area (Å²) >= 11 is 0. The van der Waals surface area contributed by atoms with Gasteiger partial charge in [0.2, 0.25) is 5.91 Å². The van der Waals surface area contributed by atoms with Crippen molar-refractivity contribution in [3.05, 3.63) is 59.7 Å². The molecule has 1 aliphatic rings. The van der Waals surface area contributed by atoms with Crippen molar-refractivity contribution in [3.8, 4) is 0 Å². The molecule has 1 unspecified atom stereocenters. The number of amides is 3. The number of carbonyl (C=O) groups excluding carboxylic acids is 2. The standard InChI is InChI=1S/C24H31N5O4S/c1-4-5-9-20(28-22-19-8-6-7-10-21(19)34(32,33)29-22)23(30)25-15-17-11-13-18(14-12-17)27-24(31)26-16(2)3/h6-8,10-14,16,20H,4-5,9,15H2,1-3H3,(H,25,30)(H,28,29)(H2,26,27,31). The zero-order chi connectivity index (χ0) is 24.7. The summed E-state index contributed by atoms with van der Waals surface area (Å²) in [6.07, 6.45) is 2.17. The zero-order valence-corrected chi connectivity index (χ0v) is 20.4. The quantitative estimate of drug-likeness (QED) is 0.435. The maximum absolute atomic E-state index is 12.9. The van der Waals surface area contributed by atoms with Crippen LogP contribution in [0.4, 0.5) is 10.5 Å². The number of anilines is 1. The third kappa shape index (κ3) is 6.57. The van der Waals surface area contributed by atoms with Crippen molar-refractivity contribution in [1.29, 1.82) is 0 Å². The van der Waals surface area contributed by atoms with Gasteiger partial charge in [-0.15, -0.1) is 0 Å². The van der Waals surface area contributed by atoms with Crippen LogP contribution in [0.1, 0.15) is 51.2 Å². The molecule has 4 N–H and O–H groups in total. The summed E-state index contributed by atoms with van der Waals surface area (Å²) in [5.41, 5.74) is 1.98. The number of nitrogens with one attached hydrogen (secondary N) is 4. The molecule has 0 saturated carbocycles. The molecule has 0 saturated heterocycles. The lowest BCUT2D eigenvalue weighted by Crippen LogP contribution is -2.35. The minimum absolute atomic E-state index is 0.0340. The van der Waals surface area contributed by atoms with Gasteiger partial charge in [-0.25, -0.2) is 13.2 Å². The van der Waals surface area contributed by atoms with Crippen LogP contribution in [0.2, 0.25) is 0 Å². The Labute approximate surface area is 200 Å². The van der Waals surface area contributed by atoms with Crippen molar-refractivity contribution in [1.82, 2.24) is 15.4 Å². The normalized spacial score (nSPS) is 15.9. The number of amidine groups is 1. The van der Waals surface area contributed by atoms with Crippen LogP contribution in [0, 0.1) is 0 Å². The fourth-order valence-corrected chi connectivity index (χ4v) is 4.72. The molecular weight excluding hydrogens is 454 g/mol. The molecule has 10 heteroatoms. The summed E-state index contributed by atoms with van der Waals surface area (Å²) in [6.45, 7) is 6.06. The van der Waals surface area contributed by atoms with Crippen LogP contribution >= 0.6 is 0 Å². The van der Waals surface area contributed by atoms with E-state index in [1.807, 2.05) is 32.9 Å². The summed E-state index contributed by atoms with van der Waals surface area (Å²) in [5.74, 6) is -0.0787. The van der Waals surface area contributed by atoms with Crippen molar-refractivity contribution in [2.24, 2.45) is 4.99 Å². The summed E-state index contributed by atoms with van der Waals surface area (Å²) in [5, 5.41) is 8.39. The van der Waals surface area contributed by atoms with E-state index in [4.69, 9.17) is 0 Å². The molecule has 182 valence electrons. The Hall–Kier alpha value is -3.40. The van der Waals surface area contributed by atoms with E-state index in [-0.39, 0.29) is 35.3 Å². The van der Waals surface area contributed by atoms with Gasteiger partial charge in [-0.3, -0.25) is 14.5 Å². The Bertz CT molecular complexity index is 1160. The highest BCUT2D eigenvalue weighted by molar-refractivity contribution is 7.90. The highest BCUT2D eigenvalue weighted by Gasteiger charge is 2.31. The van der Waals surface area contributed by atoms with Gasteiger partial charge in [0.25, 0.3) is 10.0 Å². The van der Waals surface area contributed by atoms with E-state index in [0.29, 0.717) is 17.7 Å². The Balaban J connectivity index is 1.66. The van der Waals surface area contributed by atoms with Crippen molar-refractivity contribution in [2.75, 3.05) is 5.32 Å². The predicted octanol–water partition coefficient (Wildman–Crippen LogP) is 3.13. The van der Waals surface area contributed by atoms with Gasteiger partial charge in [0.1, 0.15) is 11.9 Å². The maximum Gasteiger partial charge on any atom is 0.319 e. The number of sulfonamides is 1. The Kier molecular flexibility index (Phi) is 8.27. The molecule has 3 amide bonds. The third-order valence-corrected chi connectivity index (χ3v) is 6.58. The lowest BCUT2D eigenvalue weighted by Gasteiger charge is -2.14. The number of rotatable bonds is 9. The van der Waals surface area contributed by atoms with Crippen LogP contribution in [0.25, 0.3) is 0 Å². The van der Waals surface area contributed by atoms with Crippen LogP contribution in [-0.4, -0.2) is 38.3 Å². The molecule has 0 aromatic heterocycles. The molecule has 0 fully saturated rings. The maximum atomic E-state index is 12.9. The van der Waals surface area contributed by atoms with E-state index < -0.39 is 16.1 Å². The largest absolute Gasteiger partial charge is 0.350 e. The van der Waals surface area contributed by atoms with Crippen LogP contribution < -0.4 is 20.7 Å². The Morgan fingerprint density at radius 3 is 2.44 bits per heavy atom. The average Bonchev–Trinajstić information content (AvgIpc) is 3.05. The highest BCUT2D eigenvalue weighted by atomic mass is 32.2. The monoisotopic (exact) mass is 485 g/mol. The predicted molar refractivity (Wildman–Crippen MR) is 132 cm³/mol. The minimum Gasteiger partial charge on any atom is -0.350 e. The molecule has 0 spiro atoms. The topological polar surface area (TPSA) is 129 Å². The molecule has 0 bridgehead atoms. The van der Waals surface area contributed by atoms with E-state index in [1.165, 1.54) is 6.07 Å². The first-order valence-electron chi connectivity index (χ1n) is 11.3. The number of fused-ring (bicyclic) bond motifs is 1. The number of nitrogens with zero attached hydrogens (tertiary/aromatic N) is 1. The Morgan fingerprint density at radius 1 is 1.06 bits per heavy atom. The molecule has 1 aliphatic heterocycles.